The quantitative estimate of drug-likeness (QED) is 0.798. The van der Waals surface area contributed by atoms with Gasteiger partial charge in [-0.2, -0.15) is 5.10 Å². The molecule has 1 saturated heterocycles. The number of likely N-dealkylation sites (tertiary alicyclic amines) is 1. The van der Waals surface area contributed by atoms with Gasteiger partial charge in [-0.1, -0.05) is 36.4 Å². The van der Waals surface area contributed by atoms with Crippen LogP contribution in [0.4, 0.5) is 4.79 Å². The van der Waals surface area contributed by atoms with E-state index in [-0.39, 0.29) is 12.1 Å². The van der Waals surface area contributed by atoms with E-state index in [0.717, 1.165) is 24.3 Å². The molecule has 6 nitrogen and oxygen atoms in total. The third kappa shape index (κ3) is 3.10. The van der Waals surface area contributed by atoms with Crippen molar-refractivity contribution in [1.29, 1.82) is 0 Å². The van der Waals surface area contributed by atoms with Crippen LogP contribution in [0.1, 0.15) is 23.6 Å². The highest BCUT2D eigenvalue weighted by molar-refractivity contribution is 5.75. The van der Waals surface area contributed by atoms with Crippen LogP contribution in [-0.4, -0.2) is 32.2 Å². The van der Waals surface area contributed by atoms with Crippen LogP contribution in [0.2, 0.25) is 0 Å². The summed E-state index contributed by atoms with van der Waals surface area (Å²) in [6.07, 6.45) is 6.28. The first-order chi connectivity index (χ1) is 12.3. The Balaban J connectivity index is 1.43. The Morgan fingerprint density at radius 1 is 1.12 bits per heavy atom. The maximum absolute atomic E-state index is 12.6. The van der Waals surface area contributed by atoms with E-state index in [4.69, 9.17) is 0 Å². The molecule has 3 heterocycles. The van der Waals surface area contributed by atoms with Gasteiger partial charge in [-0.3, -0.25) is 0 Å². The molecule has 0 radical (unpaired) electrons. The molecule has 126 valence electrons. The normalized spacial score (nSPS) is 16.3. The van der Waals surface area contributed by atoms with Crippen molar-refractivity contribution in [1.82, 2.24) is 25.0 Å². The van der Waals surface area contributed by atoms with Gasteiger partial charge in [0.25, 0.3) is 0 Å². The third-order valence-corrected chi connectivity index (χ3v) is 4.48. The highest BCUT2D eigenvalue weighted by Crippen LogP contribution is 2.32. The van der Waals surface area contributed by atoms with Crippen molar-refractivity contribution >= 4 is 6.03 Å². The van der Waals surface area contributed by atoms with E-state index < -0.39 is 0 Å². The molecular formula is C19H19N5O. The molecule has 4 rings (SSSR count). The molecule has 6 heteroatoms. The van der Waals surface area contributed by atoms with Crippen LogP contribution in [0.25, 0.3) is 5.82 Å². The number of carbonyl (C=O) groups is 1. The van der Waals surface area contributed by atoms with Crippen molar-refractivity contribution in [2.75, 3.05) is 6.54 Å². The van der Waals surface area contributed by atoms with Gasteiger partial charge < -0.3 is 10.2 Å². The van der Waals surface area contributed by atoms with E-state index in [1.54, 1.807) is 17.1 Å². The molecule has 1 unspecified atom stereocenters. The van der Waals surface area contributed by atoms with Crippen LogP contribution in [0.15, 0.2) is 67.1 Å². The molecule has 2 aromatic heterocycles. The van der Waals surface area contributed by atoms with Crippen molar-refractivity contribution in [3.8, 4) is 5.82 Å². The lowest BCUT2D eigenvalue weighted by Gasteiger charge is -2.41. The fourth-order valence-corrected chi connectivity index (χ4v) is 3.09. The van der Waals surface area contributed by atoms with E-state index in [2.05, 4.69) is 27.5 Å². The summed E-state index contributed by atoms with van der Waals surface area (Å²) in [6, 6.07) is 15.9. The Labute approximate surface area is 146 Å². The van der Waals surface area contributed by atoms with Crippen LogP contribution >= 0.6 is 0 Å². The highest BCUT2D eigenvalue weighted by atomic mass is 16.2. The highest BCUT2D eigenvalue weighted by Gasteiger charge is 2.33. The predicted molar refractivity (Wildman–Crippen MR) is 94.1 cm³/mol. The smallest absolute Gasteiger partial charge is 0.318 e. The molecule has 0 aliphatic carbocycles. The van der Waals surface area contributed by atoms with Crippen LogP contribution < -0.4 is 5.32 Å². The van der Waals surface area contributed by atoms with Crippen LogP contribution in [0, 0.1) is 0 Å². The molecule has 1 N–H and O–H groups in total. The van der Waals surface area contributed by atoms with Gasteiger partial charge in [0.15, 0.2) is 5.82 Å². The van der Waals surface area contributed by atoms with Gasteiger partial charge in [0.2, 0.25) is 0 Å². The van der Waals surface area contributed by atoms with Crippen molar-refractivity contribution < 1.29 is 4.79 Å². The van der Waals surface area contributed by atoms with Crippen LogP contribution in [0.5, 0.6) is 0 Å². The molecule has 0 bridgehead atoms. The molecule has 2 amide bonds. The Morgan fingerprint density at radius 3 is 2.72 bits per heavy atom. The molecule has 25 heavy (non-hydrogen) atoms. The summed E-state index contributed by atoms with van der Waals surface area (Å²) in [5.41, 5.74) is 2.11. The lowest BCUT2D eigenvalue weighted by molar-refractivity contribution is 0.115. The molecular weight excluding hydrogens is 314 g/mol. The molecule has 1 atom stereocenters. The number of pyridine rings is 1. The summed E-state index contributed by atoms with van der Waals surface area (Å²) in [6.45, 7) is 1.20. The molecule has 0 spiro atoms. The zero-order valence-corrected chi connectivity index (χ0v) is 13.7. The minimum absolute atomic E-state index is 0.0460. The summed E-state index contributed by atoms with van der Waals surface area (Å²) in [5, 5.41) is 7.23. The topological polar surface area (TPSA) is 63.1 Å². The summed E-state index contributed by atoms with van der Waals surface area (Å²) in [5.74, 6) is 0.732. The fraction of sp³-hybridized carbons (Fsp3) is 0.211. The van der Waals surface area contributed by atoms with E-state index in [9.17, 15) is 4.79 Å². The number of nitrogens with zero attached hydrogens (tertiary/aromatic N) is 4. The van der Waals surface area contributed by atoms with Gasteiger partial charge in [0, 0.05) is 37.2 Å². The van der Waals surface area contributed by atoms with Crippen molar-refractivity contribution in [2.45, 2.75) is 19.0 Å². The molecule has 1 fully saturated rings. The first kappa shape index (κ1) is 15.4. The Hall–Kier alpha value is -3.15. The number of urea groups is 1. The predicted octanol–water partition coefficient (Wildman–Crippen LogP) is 2.92. The van der Waals surface area contributed by atoms with Gasteiger partial charge in [0.1, 0.15) is 0 Å². The second-order valence-corrected chi connectivity index (χ2v) is 6.00. The molecule has 1 aliphatic rings. The average Bonchev–Trinajstić information content (AvgIpc) is 3.15. The van der Waals surface area contributed by atoms with Crippen LogP contribution in [-0.2, 0) is 6.54 Å². The zero-order chi connectivity index (χ0) is 17.1. The number of carbonyl (C=O) groups excluding carboxylic acids is 1. The number of aromatic nitrogens is 3. The first-order valence-electron chi connectivity index (χ1n) is 8.36. The fourth-order valence-electron chi connectivity index (χ4n) is 3.09. The molecule has 1 aliphatic heterocycles. The second-order valence-electron chi connectivity index (χ2n) is 6.00. The minimum atomic E-state index is -0.0460. The Morgan fingerprint density at radius 2 is 2.00 bits per heavy atom. The Kier molecular flexibility index (Phi) is 4.16. The van der Waals surface area contributed by atoms with Crippen molar-refractivity contribution in [2.24, 2.45) is 0 Å². The van der Waals surface area contributed by atoms with Crippen molar-refractivity contribution in [3.05, 3.63) is 78.2 Å². The number of hydrogen-bond acceptors (Lipinski definition) is 3. The van der Waals surface area contributed by atoms with E-state index in [1.807, 2.05) is 47.5 Å². The lowest BCUT2D eigenvalue weighted by Crippen LogP contribution is -2.49. The van der Waals surface area contributed by atoms with Gasteiger partial charge in [-0.15, -0.1) is 0 Å². The molecule has 0 saturated carbocycles. The maximum Gasteiger partial charge on any atom is 0.318 e. The van der Waals surface area contributed by atoms with Gasteiger partial charge in [-0.05, 0) is 24.1 Å². The van der Waals surface area contributed by atoms with E-state index in [1.165, 1.54) is 5.56 Å². The van der Waals surface area contributed by atoms with Gasteiger partial charge in [-0.25, -0.2) is 14.5 Å². The largest absolute Gasteiger partial charge is 0.334 e. The maximum atomic E-state index is 12.6. The van der Waals surface area contributed by atoms with Crippen LogP contribution in [0.3, 0.4) is 0 Å². The van der Waals surface area contributed by atoms with Crippen molar-refractivity contribution in [3.63, 3.8) is 0 Å². The van der Waals surface area contributed by atoms with E-state index >= 15 is 0 Å². The average molecular weight is 333 g/mol. The molecule has 3 aromatic rings. The third-order valence-electron chi connectivity index (χ3n) is 4.48. The SMILES string of the molecule is O=C(NCc1cccnc1-n1cccn1)N1CCC1c1ccccc1. The number of benzene rings is 1. The minimum Gasteiger partial charge on any atom is -0.334 e. The number of hydrogen-bond donors (Lipinski definition) is 1. The van der Waals surface area contributed by atoms with Gasteiger partial charge in [0.05, 0.1) is 6.04 Å². The number of rotatable bonds is 4. The monoisotopic (exact) mass is 333 g/mol. The summed E-state index contributed by atoms with van der Waals surface area (Å²) in [4.78, 5) is 18.8. The van der Waals surface area contributed by atoms with E-state index in [0.29, 0.717) is 6.54 Å². The lowest BCUT2D eigenvalue weighted by atomic mass is 9.95. The summed E-state index contributed by atoms with van der Waals surface area (Å²) < 4.78 is 1.71. The summed E-state index contributed by atoms with van der Waals surface area (Å²) >= 11 is 0. The Bertz CT molecular complexity index is 847. The zero-order valence-electron chi connectivity index (χ0n) is 13.7. The number of amides is 2. The number of nitrogens with one attached hydrogen (secondary N) is 1. The second kappa shape index (κ2) is 6.76. The van der Waals surface area contributed by atoms with Gasteiger partial charge >= 0.3 is 6.03 Å². The summed E-state index contributed by atoms with van der Waals surface area (Å²) in [7, 11) is 0. The molecule has 1 aromatic carbocycles. The standard InChI is InChI=1S/C19H19N5O/c25-19(23-13-9-17(23)15-6-2-1-3-7-15)21-14-16-8-4-10-20-18(16)24-12-5-11-22-24/h1-8,10-12,17H,9,13-14H2,(H,21,25). The first-order valence-corrected chi connectivity index (χ1v) is 8.36.